The molecule has 0 aliphatic carbocycles. The minimum absolute atomic E-state index is 0.0326. The maximum absolute atomic E-state index is 5.77. The fraction of sp³-hybridized carbons (Fsp3) is 0.333. The highest BCUT2D eigenvalue weighted by atomic mass is 15.2. The van der Waals surface area contributed by atoms with Crippen molar-refractivity contribution >= 4 is 0 Å². The lowest BCUT2D eigenvalue weighted by molar-refractivity contribution is 0.110. The third-order valence-electron chi connectivity index (χ3n) is 6.42. The van der Waals surface area contributed by atoms with E-state index in [1.807, 2.05) is 0 Å². The van der Waals surface area contributed by atoms with Crippen molar-refractivity contribution < 1.29 is 0 Å². The molecule has 3 aromatic carbocycles. The lowest BCUT2D eigenvalue weighted by Crippen LogP contribution is -2.52. The molecule has 4 rings (SSSR count). The molecule has 0 aromatic heterocycles. The van der Waals surface area contributed by atoms with Crippen molar-refractivity contribution in [3.05, 3.63) is 108 Å². The monoisotopic (exact) mass is 399 g/mol. The van der Waals surface area contributed by atoms with Gasteiger partial charge in [-0.3, -0.25) is 4.90 Å². The SMILES string of the molecule is NCCCNC1(c2ccccc2)CCN(C(c2ccccc2)c2ccccc2)CC1. The number of rotatable bonds is 8. The Hall–Kier alpha value is -2.46. The third kappa shape index (κ3) is 4.65. The molecular formula is C27H33N3. The van der Waals surface area contributed by atoms with Gasteiger partial charge in [0.05, 0.1) is 6.04 Å². The van der Waals surface area contributed by atoms with E-state index in [0.717, 1.165) is 45.4 Å². The maximum atomic E-state index is 5.77. The number of likely N-dealkylation sites (tertiary alicyclic amines) is 1. The van der Waals surface area contributed by atoms with E-state index in [0.29, 0.717) is 6.04 Å². The van der Waals surface area contributed by atoms with Crippen LogP contribution in [0.1, 0.15) is 42.0 Å². The van der Waals surface area contributed by atoms with E-state index in [4.69, 9.17) is 5.73 Å². The fourth-order valence-corrected chi connectivity index (χ4v) is 4.80. The second-order valence-corrected chi connectivity index (χ2v) is 8.28. The molecule has 1 fully saturated rings. The van der Waals surface area contributed by atoms with Crippen LogP contribution < -0.4 is 11.1 Å². The lowest BCUT2D eigenvalue weighted by atomic mass is 9.79. The van der Waals surface area contributed by atoms with Crippen LogP contribution >= 0.6 is 0 Å². The molecule has 1 heterocycles. The van der Waals surface area contributed by atoms with Crippen LogP contribution in [-0.2, 0) is 5.54 Å². The molecule has 1 aliphatic rings. The van der Waals surface area contributed by atoms with E-state index in [2.05, 4.69) is 101 Å². The predicted octanol–water partition coefficient (Wildman–Crippen LogP) is 4.71. The Morgan fingerprint density at radius 3 is 1.77 bits per heavy atom. The standard InChI is InChI=1S/C27H33N3/c28-19-10-20-29-27(25-15-8-3-9-16-25)17-21-30(22-18-27)26(23-11-4-1-5-12-23)24-13-6-2-7-14-24/h1-9,11-16,26,29H,10,17-22,28H2. The number of hydrogen-bond acceptors (Lipinski definition) is 3. The highest BCUT2D eigenvalue weighted by Gasteiger charge is 2.37. The number of benzene rings is 3. The largest absolute Gasteiger partial charge is 0.330 e. The normalized spacial score (nSPS) is 16.6. The number of piperidine rings is 1. The van der Waals surface area contributed by atoms with Crippen LogP contribution in [0.25, 0.3) is 0 Å². The molecule has 0 unspecified atom stereocenters. The van der Waals surface area contributed by atoms with Crippen molar-refractivity contribution in [2.45, 2.75) is 30.8 Å². The van der Waals surface area contributed by atoms with Crippen molar-refractivity contribution in [2.75, 3.05) is 26.2 Å². The first-order valence-corrected chi connectivity index (χ1v) is 11.2. The molecule has 3 aromatic rings. The number of nitrogens with two attached hydrogens (primary N) is 1. The molecule has 0 spiro atoms. The van der Waals surface area contributed by atoms with Gasteiger partial charge in [-0.1, -0.05) is 91.0 Å². The summed E-state index contributed by atoms with van der Waals surface area (Å²) in [6.45, 7) is 3.80. The first-order valence-electron chi connectivity index (χ1n) is 11.2. The van der Waals surface area contributed by atoms with Crippen LogP contribution in [0.4, 0.5) is 0 Å². The summed E-state index contributed by atoms with van der Waals surface area (Å²) in [5.74, 6) is 0. The zero-order valence-electron chi connectivity index (χ0n) is 17.7. The second kappa shape index (κ2) is 10.0. The summed E-state index contributed by atoms with van der Waals surface area (Å²) in [6, 6.07) is 33.1. The van der Waals surface area contributed by atoms with E-state index in [1.165, 1.54) is 16.7 Å². The van der Waals surface area contributed by atoms with Crippen LogP contribution in [0.15, 0.2) is 91.0 Å². The van der Waals surface area contributed by atoms with Crippen molar-refractivity contribution in [3.63, 3.8) is 0 Å². The Morgan fingerprint density at radius 1 is 0.767 bits per heavy atom. The van der Waals surface area contributed by atoms with Crippen molar-refractivity contribution in [3.8, 4) is 0 Å². The average Bonchev–Trinajstić information content (AvgIpc) is 2.82. The molecular weight excluding hydrogens is 366 g/mol. The van der Waals surface area contributed by atoms with Crippen LogP contribution in [0.5, 0.6) is 0 Å². The maximum Gasteiger partial charge on any atom is 0.0601 e. The smallest absolute Gasteiger partial charge is 0.0601 e. The minimum Gasteiger partial charge on any atom is -0.330 e. The van der Waals surface area contributed by atoms with Crippen LogP contribution in [0.2, 0.25) is 0 Å². The summed E-state index contributed by atoms with van der Waals surface area (Å²) in [4.78, 5) is 2.65. The molecule has 0 radical (unpaired) electrons. The van der Waals surface area contributed by atoms with Crippen LogP contribution in [0.3, 0.4) is 0 Å². The Kier molecular flexibility index (Phi) is 6.96. The number of hydrogen-bond donors (Lipinski definition) is 2. The van der Waals surface area contributed by atoms with Crippen LogP contribution in [0, 0.1) is 0 Å². The fourth-order valence-electron chi connectivity index (χ4n) is 4.80. The van der Waals surface area contributed by atoms with E-state index in [-0.39, 0.29) is 5.54 Å². The molecule has 30 heavy (non-hydrogen) atoms. The second-order valence-electron chi connectivity index (χ2n) is 8.28. The summed E-state index contributed by atoms with van der Waals surface area (Å²) in [7, 11) is 0. The lowest BCUT2D eigenvalue weighted by Gasteiger charge is -2.46. The van der Waals surface area contributed by atoms with E-state index >= 15 is 0 Å². The molecule has 3 nitrogen and oxygen atoms in total. The first-order chi connectivity index (χ1) is 14.8. The molecule has 1 saturated heterocycles. The quantitative estimate of drug-likeness (QED) is 0.539. The topological polar surface area (TPSA) is 41.3 Å². The van der Waals surface area contributed by atoms with Crippen molar-refractivity contribution in [1.29, 1.82) is 0 Å². The average molecular weight is 400 g/mol. The summed E-state index contributed by atoms with van der Waals surface area (Å²) in [5, 5.41) is 3.88. The summed E-state index contributed by atoms with van der Waals surface area (Å²) in [5.41, 5.74) is 9.94. The van der Waals surface area contributed by atoms with Gasteiger partial charge in [-0.2, -0.15) is 0 Å². The summed E-state index contributed by atoms with van der Waals surface area (Å²) < 4.78 is 0. The predicted molar refractivity (Wildman–Crippen MR) is 125 cm³/mol. The minimum atomic E-state index is 0.0326. The highest BCUT2D eigenvalue weighted by Crippen LogP contribution is 2.38. The number of nitrogens with one attached hydrogen (secondary N) is 1. The molecule has 0 atom stereocenters. The van der Waals surface area contributed by atoms with Gasteiger partial charge >= 0.3 is 0 Å². The highest BCUT2D eigenvalue weighted by molar-refractivity contribution is 5.33. The third-order valence-corrected chi connectivity index (χ3v) is 6.42. The first kappa shape index (κ1) is 20.8. The van der Waals surface area contributed by atoms with E-state index in [9.17, 15) is 0 Å². The van der Waals surface area contributed by atoms with Gasteiger partial charge in [-0.05, 0) is 49.0 Å². The van der Waals surface area contributed by atoms with Crippen molar-refractivity contribution in [1.82, 2.24) is 10.2 Å². The van der Waals surface area contributed by atoms with Gasteiger partial charge in [0.15, 0.2) is 0 Å². The molecule has 156 valence electrons. The Bertz CT molecular complexity index is 832. The van der Waals surface area contributed by atoms with Gasteiger partial charge in [0.25, 0.3) is 0 Å². The zero-order chi connectivity index (χ0) is 20.7. The van der Waals surface area contributed by atoms with Crippen molar-refractivity contribution in [2.24, 2.45) is 5.73 Å². The molecule has 3 N–H and O–H groups in total. The van der Waals surface area contributed by atoms with Gasteiger partial charge in [-0.25, -0.2) is 0 Å². The number of nitrogens with zero attached hydrogens (tertiary/aromatic N) is 1. The zero-order valence-corrected chi connectivity index (χ0v) is 17.7. The van der Waals surface area contributed by atoms with E-state index in [1.54, 1.807) is 0 Å². The molecule has 0 amide bonds. The van der Waals surface area contributed by atoms with Crippen LogP contribution in [-0.4, -0.2) is 31.1 Å². The van der Waals surface area contributed by atoms with Gasteiger partial charge < -0.3 is 11.1 Å². The molecule has 3 heteroatoms. The van der Waals surface area contributed by atoms with Gasteiger partial charge in [0, 0.05) is 18.6 Å². The van der Waals surface area contributed by atoms with E-state index < -0.39 is 0 Å². The Balaban J connectivity index is 1.58. The van der Waals surface area contributed by atoms with Gasteiger partial charge in [0.1, 0.15) is 0 Å². The summed E-state index contributed by atoms with van der Waals surface area (Å²) >= 11 is 0. The Morgan fingerprint density at radius 2 is 1.27 bits per heavy atom. The molecule has 0 saturated carbocycles. The summed E-state index contributed by atoms with van der Waals surface area (Å²) in [6.07, 6.45) is 3.20. The molecule has 1 aliphatic heterocycles. The van der Waals surface area contributed by atoms with Gasteiger partial charge in [-0.15, -0.1) is 0 Å². The Labute approximate surface area is 180 Å². The van der Waals surface area contributed by atoms with Gasteiger partial charge in [0.2, 0.25) is 0 Å². The molecule has 0 bridgehead atoms.